The first kappa shape index (κ1) is 22.2. The van der Waals surface area contributed by atoms with Crippen molar-refractivity contribution in [1.82, 2.24) is 9.55 Å². The summed E-state index contributed by atoms with van der Waals surface area (Å²) >= 11 is 1.54. The topological polar surface area (TPSA) is 61.2 Å². The summed E-state index contributed by atoms with van der Waals surface area (Å²) in [6.45, 7) is 8.80. The van der Waals surface area contributed by atoms with Crippen LogP contribution in [0.4, 0.5) is 0 Å². The molecule has 0 N–H and O–H groups in total. The Hall–Kier alpha value is -2.44. The van der Waals surface area contributed by atoms with Gasteiger partial charge >= 0.3 is 0 Å². The SMILES string of the molecule is COCCCn1c(SCc2c(C)cc(C)c(C(C)=O)c2C)nc2ccccc2c1=O. The van der Waals surface area contributed by atoms with E-state index in [0.717, 1.165) is 34.2 Å². The van der Waals surface area contributed by atoms with E-state index < -0.39 is 0 Å². The molecule has 0 fully saturated rings. The largest absolute Gasteiger partial charge is 0.385 e. The van der Waals surface area contributed by atoms with Crippen molar-refractivity contribution in [2.75, 3.05) is 13.7 Å². The minimum atomic E-state index is -0.0269. The predicted molar refractivity (Wildman–Crippen MR) is 123 cm³/mol. The highest BCUT2D eigenvalue weighted by atomic mass is 32.2. The Kier molecular flexibility index (Phi) is 7.10. The van der Waals surface area contributed by atoms with E-state index in [9.17, 15) is 9.59 Å². The fraction of sp³-hybridized carbons (Fsp3) is 0.375. The summed E-state index contributed by atoms with van der Waals surface area (Å²) in [4.78, 5) is 30.0. The number of nitrogens with zero attached hydrogens (tertiary/aromatic N) is 2. The maximum absolute atomic E-state index is 13.1. The van der Waals surface area contributed by atoms with Gasteiger partial charge in [-0.3, -0.25) is 14.2 Å². The van der Waals surface area contributed by atoms with Crippen molar-refractivity contribution in [2.24, 2.45) is 0 Å². The number of methoxy groups -OCH3 is 1. The number of carbonyl (C=O) groups is 1. The second-order valence-corrected chi connectivity index (χ2v) is 8.49. The number of rotatable bonds is 8. The molecule has 5 nitrogen and oxygen atoms in total. The van der Waals surface area contributed by atoms with Gasteiger partial charge in [-0.15, -0.1) is 0 Å². The van der Waals surface area contributed by atoms with Crippen LogP contribution in [-0.2, 0) is 17.0 Å². The summed E-state index contributed by atoms with van der Waals surface area (Å²) in [5.41, 5.74) is 5.77. The molecule has 3 aromatic rings. The monoisotopic (exact) mass is 424 g/mol. The van der Waals surface area contributed by atoms with Crippen molar-refractivity contribution in [2.45, 2.75) is 51.6 Å². The van der Waals surface area contributed by atoms with Crippen LogP contribution in [0, 0.1) is 20.8 Å². The number of ether oxygens (including phenoxy) is 1. The first-order chi connectivity index (χ1) is 14.3. The van der Waals surface area contributed by atoms with E-state index in [2.05, 4.69) is 13.0 Å². The van der Waals surface area contributed by atoms with Crippen LogP contribution in [0.2, 0.25) is 0 Å². The molecule has 0 radical (unpaired) electrons. The lowest BCUT2D eigenvalue weighted by atomic mass is 9.92. The van der Waals surface area contributed by atoms with Gasteiger partial charge in [0.05, 0.1) is 10.9 Å². The highest BCUT2D eigenvalue weighted by molar-refractivity contribution is 7.98. The van der Waals surface area contributed by atoms with Crippen molar-refractivity contribution >= 4 is 28.4 Å². The smallest absolute Gasteiger partial charge is 0.262 e. The normalized spacial score (nSPS) is 11.2. The summed E-state index contributed by atoms with van der Waals surface area (Å²) in [5.74, 6) is 0.726. The average Bonchev–Trinajstić information content (AvgIpc) is 2.69. The number of aryl methyl sites for hydroxylation is 2. The standard InChI is InChI=1S/C24H28N2O3S/c1-15-13-16(2)22(18(4)27)17(3)20(15)14-30-24-25-21-10-7-6-9-19(21)23(28)26(24)11-8-12-29-5/h6-7,9-10,13H,8,11-12,14H2,1-5H3. The Balaban J connectivity index is 2.02. The van der Waals surface area contributed by atoms with E-state index in [-0.39, 0.29) is 11.3 Å². The van der Waals surface area contributed by atoms with Gasteiger partial charge in [0.2, 0.25) is 0 Å². The molecule has 3 rings (SSSR count). The number of hydrogen-bond donors (Lipinski definition) is 0. The summed E-state index contributed by atoms with van der Waals surface area (Å²) in [5, 5.41) is 1.32. The van der Waals surface area contributed by atoms with Crippen LogP contribution in [0.15, 0.2) is 40.3 Å². The van der Waals surface area contributed by atoms with Crippen LogP contribution in [0.5, 0.6) is 0 Å². The highest BCUT2D eigenvalue weighted by Crippen LogP contribution is 2.29. The van der Waals surface area contributed by atoms with Crippen molar-refractivity contribution in [3.63, 3.8) is 0 Å². The third-order valence-electron chi connectivity index (χ3n) is 5.39. The van der Waals surface area contributed by atoms with Crippen molar-refractivity contribution in [1.29, 1.82) is 0 Å². The lowest BCUT2D eigenvalue weighted by Crippen LogP contribution is -2.24. The van der Waals surface area contributed by atoms with Crippen molar-refractivity contribution < 1.29 is 9.53 Å². The molecule has 30 heavy (non-hydrogen) atoms. The van der Waals surface area contributed by atoms with Crippen LogP contribution in [0.25, 0.3) is 10.9 Å². The summed E-state index contributed by atoms with van der Waals surface area (Å²) in [6, 6.07) is 9.51. The molecular weight excluding hydrogens is 396 g/mol. The maximum Gasteiger partial charge on any atom is 0.262 e. The highest BCUT2D eigenvalue weighted by Gasteiger charge is 2.17. The van der Waals surface area contributed by atoms with Gasteiger partial charge in [0.15, 0.2) is 10.9 Å². The Bertz CT molecular complexity index is 1150. The first-order valence-electron chi connectivity index (χ1n) is 10.1. The second-order valence-electron chi connectivity index (χ2n) is 7.55. The number of carbonyl (C=O) groups excluding carboxylic acids is 1. The molecule has 0 aliphatic rings. The van der Waals surface area contributed by atoms with E-state index in [0.29, 0.717) is 35.0 Å². The summed E-state index contributed by atoms with van der Waals surface area (Å²) in [6.07, 6.45) is 0.737. The summed E-state index contributed by atoms with van der Waals surface area (Å²) in [7, 11) is 1.66. The van der Waals surface area contributed by atoms with Gasteiger partial charge in [-0.2, -0.15) is 0 Å². The van der Waals surface area contributed by atoms with Crippen LogP contribution in [0.1, 0.15) is 46.0 Å². The molecule has 0 unspecified atom stereocenters. The third kappa shape index (κ3) is 4.50. The molecule has 1 heterocycles. The quantitative estimate of drug-likeness (QED) is 0.224. The zero-order valence-electron chi connectivity index (χ0n) is 18.2. The molecular formula is C24H28N2O3S. The molecule has 0 atom stereocenters. The van der Waals surface area contributed by atoms with Gasteiger partial charge in [0.25, 0.3) is 5.56 Å². The molecule has 158 valence electrons. The number of aromatic nitrogens is 2. The second kappa shape index (κ2) is 9.58. The summed E-state index contributed by atoms with van der Waals surface area (Å²) < 4.78 is 6.91. The minimum absolute atomic E-state index is 0.0269. The number of hydrogen-bond acceptors (Lipinski definition) is 5. The van der Waals surface area contributed by atoms with E-state index in [1.165, 1.54) is 0 Å². The van der Waals surface area contributed by atoms with Crippen molar-refractivity contribution in [3.8, 4) is 0 Å². The Labute approximate surface area is 181 Å². The van der Waals surface area contributed by atoms with Crippen LogP contribution in [0.3, 0.4) is 0 Å². The van der Waals surface area contributed by atoms with Gasteiger partial charge in [0.1, 0.15) is 0 Å². The predicted octanol–water partition coefficient (Wildman–Crippen LogP) is 4.85. The van der Waals surface area contributed by atoms with Crippen LogP contribution < -0.4 is 5.56 Å². The molecule has 0 aliphatic carbocycles. The molecule has 0 amide bonds. The zero-order valence-corrected chi connectivity index (χ0v) is 19.1. The van der Waals surface area contributed by atoms with E-state index >= 15 is 0 Å². The molecule has 2 aromatic carbocycles. The number of para-hydroxylation sites is 1. The lowest BCUT2D eigenvalue weighted by Gasteiger charge is -2.17. The number of fused-ring (bicyclic) bond motifs is 1. The molecule has 0 spiro atoms. The number of ketones is 1. The molecule has 0 saturated heterocycles. The van der Waals surface area contributed by atoms with E-state index in [1.54, 1.807) is 30.4 Å². The van der Waals surface area contributed by atoms with Gasteiger partial charge in [-0.05, 0) is 68.5 Å². The Morgan fingerprint density at radius 3 is 2.60 bits per heavy atom. The lowest BCUT2D eigenvalue weighted by molar-refractivity contribution is 0.101. The first-order valence-corrected chi connectivity index (χ1v) is 11.1. The van der Waals surface area contributed by atoms with E-state index in [4.69, 9.17) is 9.72 Å². The minimum Gasteiger partial charge on any atom is -0.385 e. The maximum atomic E-state index is 13.1. The van der Waals surface area contributed by atoms with Gasteiger partial charge in [0, 0.05) is 31.6 Å². The van der Waals surface area contributed by atoms with Crippen molar-refractivity contribution in [3.05, 3.63) is 68.5 Å². The van der Waals surface area contributed by atoms with Gasteiger partial charge in [-0.25, -0.2) is 4.98 Å². The van der Waals surface area contributed by atoms with Gasteiger partial charge < -0.3 is 4.74 Å². The third-order valence-corrected chi connectivity index (χ3v) is 6.39. The Morgan fingerprint density at radius 1 is 1.17 bits per heavy atom. The zero-order chi connectivity index (χ0) is 21.8. The number of benzene rings is 2. The Morgan fingerprint density at radius 2 is 1.90 bits per heavy atom. The van der Waals surface area contributed by atoms with Crippen LogP contribution >= 0.6 is 11.8 Å². The molecule has 0 bridgehead atoms. The number of thioether (sulfide) groups is 1. The van der Waals surface area contributed by atoms with E-state index in [1.807, 2.05) is 38.1 Å². The fourth-order valence-electron chi connectivity index (χ4n) is 3.95. The fourth-order valence-corrected chi connectivity index (χ4v) is 5.16. The molecule has 6 heteroatoms. The molecule has 0 aliphatic heterocycles. The number of Topliss-reactive ketones (excluding diaryl/α,β-unsaturated/α-hetero) is 1. The van der Waals surface area contributed by atoms with Crippen LogP contribution in [-0.4, -0.2) is 29.1 Å². The van der Waals surface area contributed by atoms with Gasteiger partial charge in [-0.1, -0.05) is 30.0 Å². The molecule has 1 aromatic heterocycles. The molecule has 0 saturated carbocycles. The average molecular weight is 425 g/mol.